The molecule has 1 saturated carbocycles. The highest BCUT2D eigenvalue weighted by Gasteiger charge is 2.42. The van der Waals surface area contributed by atoms with Gasteiger partial charge in [0, 0.05) is 30.1 Å². The van der Waals surface area contributed by atoms with Gasteiger partial charge in [0.25, 0.3) is 10.0 Å². The number of carbonyl (C=O) groups is 2. The standard InChI is InChI=1S/C26H35N3O5S2/c1-17-8-10-18(11-9-17)24(30)29(20-15-21(26(2,3)4)35-23(20)25(31)32)19-12-14-28(16-19)36(33,34)22-7-5-6-13-27-22/h5-7,13,15,17-19H,8-12,14,16H2,1-4H3,(H,31,32)/t17-,18-,19-/m0/s1. The van der Waals surface area contributed by atoms with E-state index in [-0.39, 0.29) is 40.2 Å². The first-order valence-corrected chi connectivity index (χ1v) is 14.8. The molecule has 36 heavy (non-hydrogen) atoms. The van der Waals surface area contributed by atoms with Crippen LogP contribution in [0.15, 0.2) is 35.5 Å². The fourth-order valence-electron chi connectivity index (χ4n) is 5.05. The van der Waals surface area contributed by atoms with Crippen LogP contribution >= 0.6 is 11.3 Å². The van der Waals surface area contributed by atoms with E-state index in [1.165, 1.54) is 27.9 Å². The van der Waals surface area contributed by atoms with Gasteiger partial charge in [-0.2, -0.15) is 4.31 Å². The van der Waals surface area contributed by atoms with E-state index in [0.717, 1.165) is 30.6 Å². The van der Waals surface area contributed by atoms with E-state index in [4.69, 9.17) is 0 Å². The Morgan fingerprint density at radius 2 is 1.83 bits per heavy atom. The third-order valence-electron chi connectivity index (χ3n) is 7.24. The molecule has 1 aliphatic carbocycles. The number of carbonyl (C=O) groups excluding carboxylic acids is 1. The molecule has 2 aliphatic rings. The SMILES string of the molecule is CC(C)(C)c1cc(N(C(=O)[C@H]2CC[C@H](C)CC2)[C@H]2CCN(S(=O)(=O)c3ccccn3)C2)c(C(=O)O)s1. The first-order valence-electron chi connectivity index (χ1n) is 12.5. The number of carboxylic acids is 1. The minimum absolute atomic E-state index is 0.0263. The van der Waals surface area contributed by atoms with Crippen LogP contribution in [0.4, 0.5) is 5.69 Å². The molecule has 3 heterocycles. The van der Waals surface area contributed by atoms with Crippen molar-refractivity contribution in [1.82, 2.24) is 9.29 Å². The van der Waals surface area contributed by atoms with Crippen molar-refractivity contribution in [2.45, 2.75) is 76.3 Å². The van der Waals surface area contributed by atoms with Crippen molar-refractivity contribution in [3.8, 4) is 0 Å². The average molecular weight is 534 g/mol. The number of anilines is 1. The molecule has 196 valence electrons. The molecule has 0 aromatic carbocycles. The lowest BCUT2D eigenvalue weighted by Gasteiger charge is -2.34. The van der Waals surface area contributed by atoms with Gasteiger partial charge in [-0.3, -0.25) is 4.79 Å². The number of aromatic carboxylic acids is 1. The summed E-state index contributed by atoms with van der Waals surface area (Å²) in [6.45, 7) is 8.58. The number of carboxylic acid groups (broad SMARTS) is 1. The molecule has 1 amide bonds. The van der Waals surface area contributed by atoms with Crippen molar-refractivity contribution in [3.63, 3.8) is 0 Å². The average Bonchev–Trinajstić information content (AvgIpc) is 3.49. The van der Waals surface area contributed by atoms with Crippen molar-refractivity contribution in [3.05, 3.63) is 40.2 Å². The summed E-state index contributed by atoms with van der Waals surface area (Å²) in [7, 11) is -3.82. The zero-order chi connectivity index (χ0) is 26.3. The van der Waals surface area contributed by atoms with E-state index in [2.05, 4.69) is 11.9 Å². The number of hydrogen-bond donors (Lipinski definition) is 1. The van der Waals surface area contributed by atoms with Gasteiger partial charge in [-0.25, -0.2) is 18.2 Å². The molecule has 0 unspecified atom stereocenters. The van der Waals surface area contributed by atoms with E-state index in [1.54, 1.807) is 17.0 Å². The number of hydrogen-bond acceptors (Lipinski definition) is 6. The van der Waals surface area contributed by atoms with Crippen molar-refractivity contribution in [2.24, 2.45) is 11.8 Å². The van der Waals surface area contributed by atoms with E-state index in [9.17, 15) is 23.1 Å². The number of nitrogens with zero attached hydrogens (tertiary/aromatic N) is 3. The molecular weight excluding hydrogens is 498 g/mol. The fraction of sp³-hybridized carbons (Fsp3) is 0.577. The topological polar surface area (TPSA) is 108 Å². The van der Waals surface area contributed by atoms with Gasteiger partial charge >= 0.3 is 5.97 Å². The summed E-state index contributed by atoms with van der Waals surface area (Å²) < 4.78 is 27.8. The summed E-state index contributed by atoms with van der Waals surface area (Å²) in [5, 5.41) is 10.0. The normalized spacial score (nSPS) is 23.5. The van der Waals surface area contributed by atoms with Gasteiger partial charge in [0.1, 0.15) is 4.88 Å². The highest BCUT2D eigenvalue weighted by atomic mass is 32.2. The van der Waals surface area contributed by atoms with Crippen LogP contribution in [0.5, 0.6) is 0 Å². The predicted molar refractivity (Wildman–Crippen MR) is 140 cm³/mol. The van der Waals surface area contributed by atoms with Crippen LogP contribution in [0, 0.1) is 11.8 Å². The molecule has 0 radical (unpaired) electrons. The first kappa shape index (κ1) is 26.8. The number of sulfonamides is 1. The lowest BCUT2D eigenvalue weighted by atomic mass is 9.82. The molecule has 2 aromatic heterocycles. The summed E-state index contributed by atoms with van der Waals surface area (Å²) >= 11 is 1.19. The molecule has 0 spiro atoms. The van der Waals surface area contributed by atoms with Crippen LogP contribution in [0.1, 0.15) is 74.3 Å². The second-order valence-electron chi connectivity index (χ2n) is 11.0. The summed E-state index contributed by atoms with van der Waals surface area (Å²) in [4.78, 5) is 33.0. The quantitative estimate of drug-likeness (QED) is 0.574. The highest BCUT2D eigenvalue weighted by Crippen LogP contribution is 2.41. The summed E-state index contributed by atoms with van der Waals surface area (Å²) in [5.74, 6) is -0.792. The van der Waals surface area contributed by atoms with Gasteiger partial charge < -0.3 is 10.0 Å². The molecule has 1 atom stereocenters. The van der Waals surface area contributed by atoms with Crippen LogP contribution in [0.25, 0.3) is 0 Å². The summed E-state index contributed by atoms with van der Waals surface area (Å²) in [6, 6.07) is 6.13. The number of rotatable bonds is 6. The van der Waals surface area contributed by atoms with Crippen LogP contribution in [0.3, 0.4) is 0 Å². The van der Waals surface area contributed by atoms with Crippen molar-refractivity contribution >= 4 is 38.9 Å². The number of thiophene rings is 1. The van der Waals surface area contributed by atoms with Gasteiger partial charge in [-0.1, -0.05) is 33.8 Å². The molecular formula is C26H35N3O5S2. The van der Waals surface area contributed by atoms with Gasteiger partial charge in [0.15, 0.2) is 5.03 Å². The van der Waals surface area contributed by atoms with Crippen LogP contribution < -0.4 is 4.90 Å². The van der Waals surface area contributed by atoms with Gasteiger partial charge in [-0.05, 0) is 61.6 Å². The second kappa shape index (κ2) is 10.2. The molecule has 1 saturated heterocycles. The molecule has 2 aromatic rings. The predicted octanol–water partition coefficient (Wildman–Crippen LogP) is 4.76. The maximum Gasteiger partial charge on any atom is 0.348 e. The van der Waals surface area contributed by atoms with Gasteiger partial charge in [0.05, 0.1) is 11.7 Å². The molecule has 10 heteroatoms. The van der Waals surface area contributed by atoms with E-state index >= 15 is 0 Å². The minimum Gasteiger partial charge on any atom is -0.477 e. The zero-order valence-electron chi connectivity index (χ0n) is 21.3. The first-order chi connectivity index (χ1) is 16.9. The monoisotopic (exact) mass is 533 g/mol. The third kappa shape index (κ3) is 5.35. The second-order valence-corrected chi connectivity index (χ2v) is 14.0. The van der Waals surface area contributed by atoms with Crippen LogP contribution in [0.2, 0.25) is 0 Å². The highest BCUT2D eigenvalue weighted by molar-refractivity contribution is 7.89. The summed E-state index contributed by atoms with van der Waals surface area (Å²) in [5.41, 5.74) is 0.106. The van der Waals surface area contributed by atoms with Gasteiger partial charge in [0.2, 0.25) is 5.91 Å². The van der Waals surface area contributed by atoms with E-state index < -0.39 is 22.0 Å². The Hall–Kier alpha value is -2.30. The molecule has 0 bridgehead atoms. The zero-order valence-corrected chi connectivity index (χ0v) is 22.9. The van der Waals surface area contributed by atoms with E-state index in [1.807, 2.05) is 26.8 Å². The lowest BCUT2D eigenvalue weighted by molar-refractivity contribution is -0.124. The smallest absolute Gasteiger partial charge is 0.348 e. The Bertz CT molecular complexity index is 1210. The van der Waals surface area contributed by atoms with Gasteiger partial charge in [-0.15, -0.1) is 11.3 Å². The Morgan fingerprint density at radius 1 is 1.14 bits per heavy atom. The largest absolute Gasteiger partial charge is 0.477 e. The maximum atomic E-state index is 14.0. The van der Waals surface area contributed by atoms with Crippen molar-refractivity contribution < 1.29 is 23.1 Å². The molecule has 4 rings (SSSR count). The minimum atomic E-state index is -3.82. The van der Waals surface area contributed by atoms with E-state index in [0.29, 0.717) is 18.0 Å². The van der Waals surface area contributed by atoms with Crippen molar-refractivity contribution in [2.75, 3.05) is 18.0 Å². The summed E-state index contributed by atoms with van der Waals surface area (Å²) in [6.07, 6.45) is 5.31. The number of amides is 1. The Labute approximate surface area is 217 Å². The third-order valence-corrected chi connectivity index (χ3v) is 10.6. The Morgan fingerprint density at radius 3 is 2.42 bits per heavy atom. The lowest BCUT2D eigenvalue weighted by Crippen LogP contribution is -2.46. The van der Waals surface area contributed by atoms with Crippen LogP contribution in [-0.2, 0) is 20.2 Å². The van der Waals surface area contributed by atoms with Crippen LogP contribution in [-0.4, -0.2) is 53.8 Å². The Kier molecular flexibility index (Phi) is 7.60. The van der Waals surface area contributed by atoms with Crippen molar-refractivity contribution in [1.29, 1.82) is 0 Å². The molecule has 8 nitrogen and oxygen atoms in total. The Balaban J connectivity index is 1.72. The number of pyridine rings is 1. The molecule has 1 aliphatic heterocycles. The molecule has 1 N–H and O–H groups in total. The number of aromatic nitrogens is 1. The maximum absolute atomic E-state index is 14.0. The fourth-order valence-corrected chi connectivity index (χ4v) is 7.52. The molecule has 2 fully saturated rings.